The first-order valence-electron chi connectivity index (χ1n) is 5.48. The molecule has 19 heavy (non-hydrogen) atoms. The van der Waals surface area contributed by atoms with Gasteiger partial charge in [-0.05, 0) is 18.2 Å². The molecule has 1 aromatic carbocycles. The highest BCUT2D eigenvalue weighted by atomic mass is 35.5. The van der Waals surface area contributed by atoms with Crippen molar-refractivity contribution in [3.05, 3.63) is 52.3 Å². The lowest BCUT2D eigenvalue weighted by Crippen LogP contribution is -2.08. The van der Waals surface area contributed by atoms with Crippen molar-refractivity contribution in [3.63, 3.8) is 0 Å². The van der Waals surface area contributed by atoms with Crippen molar-refractivity contribution in [1.29, 1.82) is 0 Å². The average Bonchev–Trinajstić information content (AvgIpc) is 2.78. The molecule has 0 fully saturated rings. The molecule has 6 heteroatoms. The standard InChI is InChI=1S/C13H11Cl2N3O/c1-18-8-9(7-16-18)5-6-12(19)17-11-4-2-3-10(14)13(11)15/h2-8H,1H3,(H,17,19). The van der Waals surface area contributed by atoms with E-state index in [1.807, 2.05) is 7.05 Å². The molecule has 0 atom stereocenters. The molecule has 0 spiro atoms. The summed E-state index contributed by atoms with van der Waals surface area (Å²) in [7, 11) is 1.81. The molecule has 0 bridgehead atoms. The molecule has 0 aliphatic rings. The molecule has 0 saturated carbocycles. The number of rotatable bonds is 3. The number of anilines is 1. The number of nitrogens with one attached hydrogen (secondary N) is 1. The van der Waals surface area contributed by atoms with E-state index in [0.717, 1.165) is 5.56 Å². The topological polar surface area (TPSA) is 46.9 Å². The van der Waals surface area contributed by atoms with E-state index in [2.05, 4.69) is 10.4 Å². The van der Waals surface area contributed by atoms with Crippen LogP contribution >= 0.6 is 23.2 Å². The lowest BCUT2D eigenvalue weighted by molar-refractivity contribution is -0.111. The van der Waals surface area contributed by atoms with E-state index in [0.29, 0.717) is 15.7 Å². The normalized spacial score (nSPS) is 10.9. The second-order valence-electron chi connectivity index (χ2n) is 3.87. The molecule has 4 nitrogen and oxygen atoms in total. The molecule has 0 aliphatic heterocycles. The van der Waals surface area contributed by atoms with Gasteiger partial charge in [0, 0.05) is 24.9 Å². The second kappa shape index (κ2) is 5.91. The number of hydrogen-bond acceptors (Lipinski definition) is 2. The Morgan fingerprint density at radius 2 is 2.21 bits per heavy atom. The first-order chi connectivity index (χ1) is 9.06. The first kappa shape index (κ1) is 13.6. The third kappa shape index (κ3) is 3.59. The Bertz CT molecular complexity index is 635. The number of amides is 1. The molecule has 1 heterocycles. The average molecular weight is 296 g/mol. The van der Waals surface area contributed by atoms with Crippen LogP contribution in [0, 0.1) is 0 Å². The number of benzene rings is 1. The molecular formula is C13H11Cl2N3O. The zero-order valence-corrected chi connectivity index (χ0v) is 11.6. The van der Waals surface area contributed by atoms with Gasteiger partial charge in [-0.3, -0.25) is 9.48 Å². The van der Waals surface area contributed by atoms with Crippen LogP contribution < -0.4 is 5.32 Å². The molecule has 1 aromatic heterocycles. The second-order valence-corrected chi connectivity index (χ2v) is 4.66. The number of hydrogen-bond donors (Lipinski definition) is 1. The third-order valence-electron chi connectivity index (χ3n) is 2.36. The Morgan fingerprint density at radius 3 is 2.89 bits per heavy atom. The summed E-state index contributed by atoms with van der Waals surface area (Å²) in [6.45, 7) is 0. The van der Waals surface area contributed by atoms with Crippen molar-refractivity contribution in [3.8, 4) is 0 Å². The van der Waals surface area contributed by atoms with Gasteiger partial charge in [-0.25, -0.2) is 0 Å². The summed E-state index contributed by atoms with van der Waals surface area (Å²) in [5, 5.41) is 7.38. The van der Waals surface area contributed by atoms with Crippen LogP contribution in [0.25, 0.3) is 6.08 Å². The summed E-state index contributed by atoms with van der Waals surface area (Å²) in [5.74, 6) is -0.284. The molecule has 2 aromatic rings. The van der Waals surface area contributed by atoms with Crippen LogP contribution in [0.15, 0.2) is 36.7 Å². The van der Waals surface area contributed by atoms with Crippen molar-refractivity contribution >= 4 is 40.9 Å². The van der Waals surface area contributed by atoms with Crippen LogP contribution in [0.1, 0.15) is 5.56 Å². The molecule has 0 unspecified atom stereocenters. The molecule has 0 radical (unpaired) electrons. The Morgan fingerprint density at radius 1 is 1.42 bits per heavy atom. The van der Waals surface area contributed by atoms with E-state index in [4.69, 9.17) is 23.2 Å². The van der Waals surface area contributed by atoms with E-state index in [1.54, 1.807) is 41.4 Å². The maximum atomic E-state index is 11.7. The molecule has 0 aliphatic carbocycles. The van der Waals surface area contributed by atoms with Crippen LogP contribution in [0.2, 0.25) is 10.0 Å². The summed E-state index contributed by atoms with van der Waals surface area (Å²) >= 11 is 11.8. The van der Waals surface area contributed by atoms with Gasteiger partial charge in [-0.15, -0.1) is 0 Å². The highest BCUT2D eigenvalue weighted by Gasteiger charge is 2.06. The van der Waals surface area contributed by atoms with Crippen molar-refractivity contribution in [2.45, 2.75) is 0 Å². The monoisotopic (exact) mass is 295 g/mol. The smallest absolute Gasteiger partial charge is 0.248 e. The number of carbonyl (C=O) groups is 1. The third-order valence-corrected chi connectivity index (χ3v) is 3.18. The summed E-state index contributed by atoms with van der Waals surface area (Å²) in [6, 6.07) is 5.06. The zero-order valence-electron chi connectivity index (χ0n) is 10.1. The fourth-order valence-corrected chi connectivity index (χ4v) is 1.82. The maximum absolute atomic E-state index is 11.7. The number of nitrogens with zero attached hydrogens (tertiary/aromatic N) is 2. The Hall–Kier alpha value is -1.78. The van der Waals surface area contributed by atoms with Crippen LogP contribution in [0.4, 0.5) is 5.69 Å². The van der Waals surface area contributed by atoms with Gasteiger partial charge in [0.1, 0.15) is 0 Å². The van der Waals surface area contributed by atoms with E-state index < -0.39 is 0 Å². The van der Waals surface area contributed by atoms with Gasteiger partial charge in [0.05, 0.1) is 21.9 Å². The molecule has 0 saturated heterocycles. The molecule has 1 amide bonds. The highest BCUT2D eigenvalue weighted by molar-refractivity contribution is 6.44. The highest BCUT2D eigenvalue weighted by Crippen LogP contribution is 2.29. The minimum absolute atomic E-state index is 0.284. The Labute approximate surface area is 120 Å². The fraction of sp³-hybridized carbons (Fsp3) is 0.0769. The molecule has 1 N–H and O–H groups in total. The van der Waals surface area contributed by atoms with Crippen LogP contribution in [0.3, 0.4) is 0 Å². The van der Waals surface area contributed by atoms with Crippen molar-refractivity contribution in [2.24, 2.45) is 7.05 Å². The number of carbonyl (C=O) groups excluding carboxylic acids is 1. The Balaban J connectivity index is 2.05. The van der Waals surface area contributed by atoms with E-state index in [-0.39, 0.29) is 5.91 Å². The van der Waals surface area contributed by atoms with E-state index >= 15 is 0 Å². The minimum Gasteiger partial charge on any atom is -0.321 e. The predicted octanol–water partition coefficient (Wildman–Crippen LogP) is 3.38. The van der Waals surface area contributed by atoms with E-state index in [1.165, 1.54) is 6.08 Å². The van der Waals surface area contributed by atoms with Gasteiger partial charge >= 0.3 is 0 Å². The quantitative estimate of drug-likeness (QED) is 0.883. The summed E-state index contributed by atoms with van der Waals surface area (Å²) in [5.41, 5.74) is 1.32. The van der Waals surface area contributed by atoms with Gasteiger partial charge in [-0.2, -0.15) is 5.10 Å². The Kier molecular flexibility index (Phi) is 4.24. The largest absolute Gasteiger partial charge is 0.321 e. The van der Waals surface area contributed by atoms with Crippen molar-refractivity contribution < 1.29 is 4.79 Å². The maximum Gasteiger partial charge on any atom is 0.248 e. The van der Waals surface area contributed by atoms with Crippen LogP contribution in [-0.2, 0) is 11.8 Å². The number of aromatic nitrogens is 2. The van der Waals surface area contributed by atoms with Gasteiger partial charge in [0.25, 0.3) is 0 Å². The van der Waals surface area contributed by atoms with E-state index in [9.17, 15) is 4.79 Å². The summed E-state index contributed by atoms with van der Waals surface area (Å²) in [6.07, 6.45) is 6.54. The molecular weight excluding hydrogens is 285 g/mol. The van der Waals surface area contributed by atoms with Crippen molar-refractivity contribution in [2.75, 3.05) is 5.32 Å². The molecule has 98 valence electrons. The zero-order chi connectivity index (χ0) is 13.8. The van der Waals surface area contributed by atoms with Gasteiger partial charge in [0.15, 0.2) is 0 Å². The lowest BCUT2D eigenvalue weighted by Gasteiger charge is -2.05. The summed E-state index contributed by atoms with van der Waals surface area (Å²) in [4.78, 5) is 11.7. The lowest BCUT2D eigenvalue weighted by atomic mass is 10.3. The number of halogens is 2. The van der Waals surface area contributed by atoms with Crippen molar-refractivity contribution in [1.82, 2.24) is 9.78 Å². The summed E-state index contributed by atoms with van der Waals surface area (Å²) < 4.78 is 1.66. The SMILES string of the molecule is Cn1cc(C=CC(=O)Nc2cccc(Cl)c2Cl)cn1. The van der Waals surface area contributed by atoms with Gasteiger partial charge < -0.3 is 5.32 Å². The number of aryl methyl sites for hydroxylation is 1. The van der Waals surface area contributed by atoms with Crippen LogP contribution in [-0.4, -0.2) is 15.7 Å². The minimum atomic E-state index is -0.284. The fourth-order valence-electron chi connectivity index (χ4n) is 1.47. The van der Waals surface area contributed by atoms with Gasteiger partial charge in [0.2, 0.25) is 5.91 Å². The van der Waals surface area contributed by atoms with Gasteiger partial charge in [-0.1, -0.05) is 29.3 Å². The van der Waals surface area contributed by atoms with Crippen LogP contribution in [0.5, 0.6) is 0 Å². The molecule has 2 rings (SSSR count). The predicted molar refractivity (Wildman–Crippen MR) is 77.3 cm³/mol. The first-order valence-corrected chi connectivity index (χ1v) is 6.23.